The number of carbonyl (C=O) groups is 1. The third kappa shape index (κ3) is 5.84. The zero-order valence-corrected chi connectivity index (χ0v) is 12.9. The fraction of sp³-hybridized carbons (Fsp3) is 0.533. The van der Waals surface area contributed by atoms with Crippen molar-refractivity contribution in [2.75, 3.05) is 6.61 Å². The van der Waals surface area contributed by atoms with E-state index >= 15 is 0 Å². The van der Waals surface area contributed by atoms with Crippen LogP contribution < -0.4 is 0 Å². The predicted octanol–water partition coefficient (Wildman–Crippen LogP) is 3.24. The first kappa shape index (κ1) is 16.9. The second kappa shape index (κ2) is 8.17. The molecule has 0 radical (unpaired) electrons. The quantitative estimate of drug-likeness (QED) is 0.518. The molecule has 0 saturated carbocycles. The lowest BCUT2D eigenvalue weighted by Gasteiger charge is -2.05. The van der Waals surface area contributed by atoms with E-state index in [0.29, 0.717) is 6.42 Å². The largest absolute Gasteiger partial charge is 0.297 e. The molecule has 0 unspecified atom stereocenters. The van der Waals surface area contributed by atoms with Gasteiger partial charge in [0.2, 0.25) is 0 Å². The Bertz CT molecular complexity index is 517. The van der Waals surface area contributed by atoms with Gasteiger partial charge in [0.15, 0.2) is 5.78 Å². The molecule has 0 fully saturated rings. The molecule has 4 nitrogen and oxygen atoms in total. The molecule has 0 heterocycles. The summed E-state index contributed by atoms with van der Waals surface area (Å²) in [6, 6.07) is 6.36. The van der Waals surface area contributed by atoms with E-state index in [4.69, 9.17) is 4.18 Å². The fourth-order valence-corrected chi connectivity index (χ4v) is 2.63. The Hall–Kier alpha value is -1.20. The molecule has 0 aliphatic carbocycles. The van der Waals surface area contributed by atoms with E-state index in [0.717, 1.165) is 31.2 Å². The van der Waals surface area contributed by atoms with Gasteiger partial charge in [-0.2, -0.15) is 8.42 Å². The van der Waals surface area contributed by atoms with Gasteiger partial charge in [0, 0.05) is 6.42 Å². The molecule has 112 valence electrons. The van der Waals surface area contributed by atoms with E-state index < -0.39 is 10.1 Å². The van der Waals surface area contributed by atoms with Gasteiger partial charge in [-0.3, -0.25) is 8.98 Å². The first-order chi connectivity index (χ1) is 9.45. The van der Waals surface area contributed by atoms with Crippen molar-refractivity contribution in [3.63, 3.8) is 0 Å². The van der Waals surface area contributed by atoms with Gasteiger partial charge in [-0.1, -0.05) is 43.9 Å². The minimum Gasteiger partial charge on any atom is -0.297 e. The second-order valence-electron chi connectivity index (χ2n) is 4.88. The number of Topliss-reactive ketones (excluding diaryl/α,β-unsaturated/α-hetero) is 1. The van der Waals surface area contributed by atoms with Crippen LogP contribution in [0.25, 0.3) is 0 Å². The molecule has 0 spiro atoms. The van der Waals surface area contributed by atoms with Crippen molar-refractivity contribution >= 4 is 15.9 Å². The molecule has 1 rings (SSSR count). The van der Waals surface area contributed by atoms with Gasteiger partial charge in [0.1, 0.15) is 6.61 Å². The van der Waals surface area contributed by atoms with Gasteiger partial charge in [-0.05, 0) is 25.5 Å². The molecule has 1 aromatic rings. The lowest BCUT2D eigenvalue weighted by molar-refractivity contribution is -0.121. The Labute approximate surface area is 121 Å². The summed E-state index contributed by atoms with van der Waals surface area (Å²) in [6.45, 7) is 3.60. The highest BCUT2D eigenvalue weighted by Crippen LogP contribution is 2.13. The molecule has 0 aromatic heterocycles. The molecule has 0 saturated heterocycles. The van der Waals surface area contributed by atoms with Crippen LogP contribution in [0.15, 0.2) is 29.2 Å². The number of ketones is 1. The first-order valence-electron chi connectivity index (χ1n) is 6.93. The Morgan fingerprint density at radius 2 is 1.75 bits per heavy atom. The van der Waals surface area contributed by atoms with Crippen LogP contribution in [0.5, 0.6) is 0 Å². The molecule has 5 heteroatoms. The molecule has 0 aliphatic heterocycles. The van der Waals surface area contributed by atoms with E-state index in [1.165, 1.54) is 12.1 Å². The van der Waals surface area contributed by atoms with Crippen LogP contribution in [0.1, 0.15) is 44.6 Å². The number of unbranched alkanes of at least 4 members (excludes halogenated alkanes) is 3. The normalized spacial score (nSPS) is 11.5. The maximum absolute atomic E-state index is 11.8. The highest BCUT2D eigenvalue weighted by molar-refractivity contribution is 7.86. The zero-order chi connectivity index (χ0) is 15.0. The summed E-state index contributed by atoms with van der Waals surface area (Å²) in [5.74, 6) is -0.170. The number of aryl methyl sites for hydroxylation is 1. The van der Waals surface area contributed by atoms with Gasteiger partial charge in [-0.25, -0.2) is 0 Å². The van der Waals surface area contributed by atoms with Crippen LogP contribution in [0, 0.1) is 6.92 Å². The lowest BCUT2D eigenvalue weighted by atomic mass is 10.1. The van der Waals surface area contributed by atoms with Crippen molar-refractivity contribution in [3.8, 4) is 0 Å². The summed E-state index contributed by atoms with van der Waals surface area (Å²) in [4.78, 5) is 11.6. The number of rotatable bonds is 9. The molecule has 0 aliphatic rings. The van der Waals surface area contributed by atoms with E-state index in [9.17, 15) is 13.2 Å². The highest BCUT2D eigenvalue weighted by atomic mass is 32.2. The predicted molar refractivity (Wildman–Crippen MR) is 78.1 cm³/mol. The first-order valence-corrected chi connectivity index (χ1v) is 8.34. The van der Waals surface area contributed by atoms with E-state index in [1.54, 1.807) is 12.1 Å². The van der Waals surface area contributed by atoms with Gasteiger partial charge in [0.25, 0.3) is 10.1 Å². The van der Waals surface area contributed by atoms with Gasteiger partial charge in [-0.15, -0.1) is 0 Å². The van der Waals surface area contributed by atoms with Crippen LogP contribution in [-0.2, 0) is 19.1 Å². The topological polar surface area (TPSA) is 60.4 Å². The van der Waals surface area contributed by atoms with Crippen LogP contribution in [0.3, 0.4) is 0 Å². The average molecular weight is 298 g/mol. The van der Waals surface area contributed by atoms with E-state index in [-0.39, 0.29) is 17.3 Å². The minimum atomic E-state index is -3.83. The van der Waals surface area contributed by atoms with Crippen LogP contribution in [0.2, 0.25) is 0 Å². The Kier molecular flexibility index (Phi) is 6.88. The van der Waals surface area contributed by atoms with Crippen molar-refractivity contribution in [1.29, 1.82) is 0 Å². The summed E-state index contributed by atoms with van der Waals surface area (Å²) in [5, 5.41) is 0. The second-order valence-corrected chi connectivity index (χ2v) is 6.49. The molecule has 1 aromatic carbocycles. The number of hydrogen-bond acceptors (Lipinski definition) is 4. The molecule has 0 N–H and O–H groups in total. The summed E-state index contributed by atoms with van der Waals surface area (Å²) in [7, 11) is -3.83. The molecular formula is C15H22O4S. The standard InChI is InChI=1S/C15H22O4S/c1-3-4-5-6-7-14(16)12-19-20(17,18)15-10-8-13(2)9-11-15/h8-11H,3-7,12H2,1-2H3. The smallest absolute Gasteiger partial charge is 0.297 e. The van der Waals surface area contributed by atoms with Gasteiger partial charge in [0.05, 0.1) is 4.90 Å². The summed E-state index contributed by atoms with van der Waals surface area (Å²) < 4.78 is 28.5. The van der Waals surface area contributed by atoms with Crippen LogP contribution in [-0.4, -0.2) is 20.8 Å². The van der Waals surface area contributed by atoms with Crippen molar-refractivity contribution in [2.24, 2.45) is 0 Å². The zero-order valence-electron chi connectivity index (χ0n) is 12.1. The number of carbonyl (C=O) groups excluding carboxylic acids is 1. The van der Waals surface area contributed by atoms with Crippen LogP contribution >= 0.6 is 0 Å². The molecule has 0 atom stereocenters. The lowest BCUT2D eigenvalue weighted by Crippen LogP contribution is -2.14. The molecular weight excluding hydrogens is 276 g/mol. The molecule has 0 amide bonds. The molecule has 0 bridgehead atoms. The van der Waals surface area contributed by atoms with Crippen molar-refractivity contribution in [1.82, 2.24) is 0 Å². The summed E-state index contributed by atoms with van der Waals surface area (Å²) in [6.07, 6.45) is 4.36. The minimum absolute atomic E-state index is 0.0851. The SMILES string of the molecule is CCCCCCC(=O)COS(=O)(=O)c1ccc(C)cc1. The molecule has 20 heavy (non-hydrogen) atoms. The number of hydrogen-bond donors (Lipinski definition) is 0. The average Bonchev–Trinajstić information content (AvgIpc) is 2.42. The van der Waals surface area contributed by atoms with Gasteiger partial charge < -0.3 is 0 Å². The van der Waals surface area contributed by atoms with Crippen molar-refractivity contribution < 1.29 is 17.4 Å². The third-order valence-electron chi connectivity index (χ3n) is 2.99. The Balaban J connectivity index is 2.43. The monoisotopic (exact) mass is 298 g/mol. The maximum Gasteiger partial charge on any atom is 0.297 e. The number of benzene rings is 1. The highest BCUT2D eigenvalue weighted by Gasteiger charge is 2.16. The Morgan fingerprint density at radius 3 is 2.35 bits per heavy atom. The van der Waals surface area contributed by atoms with E-state index in [1.807, 2.05) is 6.92 Å². The maximum atomic E-state index is 11.8. The van der Waals surface area contributed by atoms with Crippen LogP contribution in [0.4, 0.5) is 0 Å². The van der Waals surface area contributed by atoms with E-state index in [2.05, 4.69) is 6.92 Å². The summed E-state index contributed by atoms with van der Waals surface area (Å²) >= 11 is 0. The van der Waals surface area contributed by atoms with Gasteiger partial charge >= 0.3 is 0 Å². The van der Waals surface area contributed by atoms with Crippen molar-refractivity contribution in [2.45, 2.75) is 50.8 Å². The Morgan fingerprint density at radius 1 is 1.10 bits per heavy atom. The fourth-order valence-electron chi connectivity index (χ4n) is 1.74. The third-order valence-corrected chi connectivity index (χ3v) is 4.27. The summed E-state index contributed by atoms with van der Waals surface area (Å²) in [5.41, 5.74) is 0.968. The van der Waals surface area contributed by atoms with Crippen molar-refractivity contribution in [3.05, 3.63) is 29.8 Å².